The van der Waals surface area contributed by atoms with Gasteiger partial charge in [0.2, 0.25) is 0 Å². The lowest BCUT2D eigenvalue weighted by molar-refractivity contribution is -0.131. The molecule has 0 aliphatic heterocycles. The number of hydrogen-bond donors (Lipinski definition) is 1. The highest BCUT2D eigenvalue weighted by molar-refractivity contribution is 5.86. The van der Waals surface area contributed by atoms with E-state index in [1.807, 2.05) is 42.6 Å². The molecule has 0 amide bonds. The van der Waals surface area contributed by atoms with Gasteiger partial charge in [-0.2, -0.15) is 0 Å². The zero-order valence-corrected chi connectivity index (χ0v) is 21.8. The van der Waals surface area contributed by atoms with E-state index >= 15 is 0 Å². The maximum absolute atomic E-state index is 11.0. The van der Waals surface area contributed by atoms with E-state index in [4.69, 9.17) is 9.84 Å². The molecular weight excluding hydrogens is 434 g/mol. The molecule has 0 radical (unpaired) electrons. The molecule has 1 N–H and O–H groups in total. The molecule has 0 aliphatic carbocycles. The number of ether oxygens (including phenoxy) is 1. The molecule has 0 spiro atoms. The summed E-state index contributed by atoms with van der Waals surface area (Å²) in [4.78, 5) is 15.6. The molecular formula is C31H43NO3. The van der Waals surface area contributed by atoms with Gasteiger partial charge in [-0.1, -0.05) is 78.2 Å². The average Bonchev–Trinajstić information content (AvgIpc) is 2.86. The summed E-state index contributed by atoms with van der Waals surface area (Å²) in [5.74, 6) is 0.294. The number of aliphatic imine (C=N–C) groups is 1. The Bertz CT molecular complexity index is 931. The molecule has 2 rings (SSSR count). The third-order valence-electron chi connectivity index (χ3n) is 6.24. The Labute approximate surface area is 212 Å². The van der Waals surface area contributed by atoms with Crippen LogP contribution >= 0.6 is 0 Å². The summed E-state index contributed by atoms with van der Waals surface area (Å²) in [7, 11) is 0. The summed E-state index contributed by atoms with van der Waals surface area (Å²) in [5, 5.41) is 8.99. The predicted octanol–water partition coefficient (Wildman–Crippen LogP) is 8.96. The molecule has 0 unspecified atom stereocenters. The number of unbranched alkanes of at least 4 members (excludes halogenated alkanes) is 7. The maximum Gasteiger partial charge on any atom is 0.328 e. The van der Waals surface area contributed by atoms with E-state index in [1.165, 1.54) is 51.0 Å². The molecule has 190 valence electrons. The molecule has 2 aromatic rings. The first-order chi connectivity index (χ1) is 17.0. The minimum atomic E-state index is -0.938. The normalized spacial score (nSPS) is 12.4. The number of carboxylic acids is 1. The number of aliphatic carboxylic acids is 1. The molecule has 0 fully saturated rings. The fraction of sp³-hybridized carbons (Fsp3) is 0.484. The van der Waals surface area contributed by atoms with E-state index in [2.05, 4.69) is 31.8 Å². The molecule has 2 aromatic carbocycles. The van der Waals surface area contributed by atoms with Gasteiger partial charge in [0.05, 0.1) is 12.3 Å². The Kier molecular flexibility index (Phi) is 13.5. The molecule has 1 atom stereocenters. The van der Waals surface area contributed by atoms with Gasteiger partial charge in [-0.3, -0.25) is 4.99 Å². The van der Waals surface area contributed by atoms with Crippen molar-refractivity contribution >= 4 is 23.9 Å². The Balaban J connectivity index is 1.88. The summed E-state index contributed by atoms with van der Waals surface area (Å²) in [5.41, 5.74) is 3.95. The monoisotopic (exact) mass is 477 g/mol. The van der Waals surface area contributed by atoms with Crippen LogP contribution in [-0.4, -0.2) is 23.9 Å². The number of carboxylic acid groups (broad SMARTS) is 1. The van der Waals surface area contributed by atoms with Crippen molar-refractivity contribution in [1.29, 1.82) is 0 Å². The van der Waals surface area contributed by atoms with Crippen molar-refractivity contribution in [2.75, 3.05) is 6.61 Å². The van der Waals surface area contributed by atoms with Gasteiger partial charge in [0, 0.05) is 12.3 Å². The minimum Gasteiger partial charge on any atom is -0.494 e. The molecule has 4 nitrogen and oxygen atoms in total. The highest BCUT2D eigenvalue weighted by Crippen LogP contribution is 2.29. The van der Waals surface area contributed by atoms with Crippen molar-refractivity contribution in [2.24, 2.45) is 4.99 Å². The number of hydrogen-bond acceptors (Lipinski definition) is 3. The Morgan fingerprint density at radius 1 is 0.943 bits per heavy atom. The Hall–Kier alpha value is -2.88. The highest BCUT2D eigenvalue weighted by atomic mass is 16.5. The fourth-order valence-electron chi connectivity index (χ4n) is 4.20. The molecule has 0 aliphatic rings. The van der Waals surface area contributed by atoms with E-state index in [-0.39, 0.29) is 0 Å². The lowest BCUT2D eigenvalue weighted by Crippen LogP contribution is -1.97. The maximum atomic E-state index is 11.0. The van der Waals surface area contributed by atoms with Gasteiger partial charge in [0.1, 0.15) is 5.75 Å². The Morgan fingerprint density at radius 2 is 1.63 bits per heavy atom. The van der Waals surface area contributed by atoms with Gasteiger partial charge in [0.25, 0.3) is 0 Å². The van der Waals surface area contributed by atoms with Crippen LogP contribution in [0.15, 0.2) is 53.5 Å². The van der Waals surface area contributed by atoms with Gasteiger partial charge in [-0.15, -0.1) is 0 Å². The number of carbonyl (C=O) groups is 1. The van der Waals surface area contributed by atoms with Crippen LogP contribution in [0.1, 0.15) is 108 Å². The quantitative estimate of drug-likeness (QED) is 0.140. The third-order valence-corrected chi connectivity index (χ3v) is 6.24. The van der Waals surface area contributed by atoms with Crippen molar-refractivity contribution in [3.05, 3.63) is 65.2 Å². The largest absolute Gasteiger partial charge is 0.494 e. The third kappa shape index (κ3) is 11.4. The van der Waals surface area contributed by atoms with E-state index < -0.39 is 5.97 Å². The van der Waals surface area contributed by atoms with Crippen LogP contribution in [0.3, 0.4) is 0 Å². The minimum absolute atomic E-state index is 0.334. The second kappa shape index (κ2) is 16.7. The molecule has 0 bridgehead atoms. The van der Waals surface area contributed by atoms with Gasteiger partial charge < -0.3 is 9.84 Å². The van der Waals surface area contributed by atoms with Gasteiger partial charge in [-0.25, -0.2) is 4.79 Å². The molecule has 0 heterocycles. The van der Waals surface area contributed by atoms with Crippen LogP contribution in [0.2, 0.25) is 0 Å². The summed E-state index contributed by atoms with van der Waals surface area (Å²) in [6, 6.07) is 14.0. The van der Waals surface area contributed by atoms with E-state index in [9.17, 15) is 4.79 Å². The number of nitrogens with zero attached hydrogens (tertiary/aromatic N) is 1. The van der Waals surface area contributed by atoms with E-state index in [0.29, 0.717) is 5.92 Å². The molecule has 35 heavy (non-hydrogen) atoms. The van der Waals surface area contributed by atoms with Crippen molar-refractivity contribution in [3.8, 4) is 5.75 Å². The molecule has 0 saturated heterocycles. The van der Waals surface area contributed by atoms with E-state index in [1.54, 1.807) is 6.08 Å². The average molecular weight is 478 g/mol. The standard InChI is InChI=1S/C31H43NO3/c1-4-6-7-8-9-10-11-12-22-35-29-19-14-26(15-20-29)24-32-28-18-16-27(17-21-31(33)34)30(23-28)25(3)13-5-2/h14-21,23-25H,4-13,22H2,1-3H3,(H,33,34)/b21-17+,32-24?/t25-/m0/s1. The topological polar surface area (TPSA) is 58.9 Å². The van der Waals surface area contributed by atoms with Crippen LogP contribution in [0, 0.1) is 0 Å². The van der Waals surface area contributed by atoms with Crippen LogP contribution in [0.25, 0.3) is 6.08 Å². The molecule has 0 saturated carbocycles. The first-order valence-corrected chi connectivity index (χ1v) is 13.3. The van der Waals surface area contributed by atoms with E-state index in [0.717, 1.165) is 54.0 Å². The zero-order valence-electron chi connectivity index (χ0n) is 21.8. The van der Waals surface area contributed by atoms with Crippen molar-refractivity contribution < 1.29 is 14.6 Å². The zero-order chi connectivity index (χ0) is 25.3. The van der Waals surface area contributed by atoms with Crippen LogP contribution < -0.4 is 4.74 Å². The second-order valence-corrected chi connectivity index (χ2v) is 9.33. The molecule has 0 aromatic heterocycles. The summed E-state index contributed by atoms with van der Waals surface area (Å²) in [6.45, 7) is 7.36. The number of benzene rings is 2. The smallest absolute Gasteiger partial charge is 0.328 e. The summed E-state index contributed by atoms with van der Waals surface area (Å²) < 4.78 is 5.89. The SMILES string of the molecule is CCCCCCCCCCOc1ccc(C=Nc2ccc(/C=C/C(=O)O)c([C@@H](C)CCC)c2)cc1. The lowest BCUT2D eigenvalue weighted by atomic mass is 9.91. The lowest BCUT2D eigenvalue weighted by Gasteiger charge is -2.14. The predicted molar refractivity (Wildman–Crippen MR) is 148 cm³/mol. The van der Waals surface area contributed by atoms with Crippen LogP contribution in [-0.2, 0) is 4.79 Å². The number of rotatable bonds is 17. The summed E-state index contributed by atoms with van der Waals surface area (Å²) in [6.07, 6.45) is 17.2. The van der Waals surface area contributed by atoms with Crippen LogP contribution in [0.4, 0.5) is 5.69 Å². The van der Waals surface area contributed by atoms with Gasteiger partial charge in [-0.05, 0) is 77.9 Å². The fourth-order valence-corrected chi connectivity index (χ4v) is 4.20. The molecule has 4 heteroatoms. The van der Waals surface area contributed by atoms with Gasteiger partial charge in [0.15, 0.2) is 0 Å². The first-order valence-electron chi connectivity index (χ1n) is 13.3. The van der Waals surface area contributed by atoms with Crippen molar-refractivity contribution in [2.45, 2.75) is 90.9 Å². The highest BCUT2D eigenvalue weighted by Gasteiger charge is 2.10. The van der Waals surface area contributed by atoms with Crippen LogP contribution in [0.5, 0.6) is 5.75 Å². The second-order valence-electron chi connectivity index (χ2n) is 9.33. The van der Waals surface area contributed by atoms with Crippen molar-refractivity contribution in [1.82, 2.24) is 0 Å². The Morgan fingerprint density at radius 3 is 2.29 bits per heavy atom. The summed E-state index contributed by atoms with van der Waals surface area (Å²) >= 11 is 0. The van der Waals surface area contributed by atoms with Gasteiger partial charge >= 0.3 is 5.97 Å². The first kappa shape index (κ1) is 28.4. The van der Waals surface area contributed by atoms with Crippen molar-refractivity contribution in [3.63, 3.8) is 0 Å².